The summed E-state index contributed by atoms with van der Waals surface area (Å²) in [5.74, 6) is -9.06. The van der Waals surface area contributed by atoms with Crippen LogP contribution in [-0.2, 0) is 67.2 Å². The van der Waals surface area contributed by atoms with Gasteiger partial charge in [-0.15, -0.1) is 0 Å². The summed E-state index contributed by atoms with van der Waals surface area (Å²) in [6.45, 7) is 3.44. The van der Waals surface area contributed by atoms with Crippen LogP contribution in [0, 0.1) is 5.92 Å². The molecule has 476 valence electrons. The summed E-state index contributed by atoms with van der Waals surface area (Å²) in [6, 6.07) is 11.1. The summed E-state index contributed by atoms with van der Waals surface area (Å²) >= 11 is 0. The van der Waals surface area contributed by atoms with Gasteiger partial charge in [0, 0.05) is 62.4 Å². The third-order valence-corrected chi connectivity index (χ3v) is 14.5. The minimum atomic E-state index is -1.54. The highest BCUT2D eigenvalue weighted by atomic mass is 16.4. The van der Waals surface area contributed by atoms with Crippen LogP contribution in [0.5, 0.6) is 5.75 Å². The maximum Gasteiger partial charge on any atom is 0.326 e. The summed E-state index contributed by atoms with van der Waals surface area (Å²) in [5, 5.41) is 39.1. The molecule has 29 nitrogen and oxygen atoms in total. The van der Waals surface area contributed by atoms with Gasteiger partial charge in [0.2, 0.25) is 53.2 Å². The molecule has 22 N–H and O–H groups in total. The Hall–Kier alpha value is -9.80. The van der Waals surface area contributed by atoms with Crippen molar-refractivity contribution in [3.63, 3.8) is 0 Å². The Morgan fingerprint density at radius 2 is 1.15 bits per heavy atom. The lowest BCUT2D eigenvalue weighted by atomic mass is 9.99. The van der Waals surface area contributed by atoms with Crippen molar-refractivity contribution in [2.75, 3.05) is 26.2 Å². The van der Waals surface area contributed by atoms with E-state index in [1.54, 1.807) is 56.4 Å². The molecule has 5 rings (SSSR count). The zero-order valence-corrected chi connectivity index (χ0v) is 49.4. The topological polar surface area (TPSA) is 495 Å². The molecular formula is C59H83N17O12. The second-order valence-corrected chi connectivity index (χ2v) is 21.9. The van der Waals surface area contributed by atoms with Gasteiger partial charge in [-0.2, -0.15) is 0 Å². The van der Waals surface area contributed by atoms with Crippen LogP contribution in [0.15, 0.2) is 95.0 Å². The van der Waals surface area contributed by atoms with Crippen molar-refractivity contribution in [3.8, 4) is 5.75 Å². The predicted molar refractivity (Wildman–Crippen MR) is 327 cm³/mol. The molecule has 1 aliphatic heterocycles. The number of carboxylic acid groups (broad SMARTS) is 1. The Labute approximate surface area is 508 Å². The summed E-state index contributed by atoms with van der Waals surface area (Å²) in [6.07, 6.45) is 1.87. The molecule has 29 heteroatoms. The van der Waals surface area contributed by atoms with Crippen molar-refractivity contribution in [3.05, 3.63) is 102 Å². The number of hydrogen-bond acceptors (Lipinski definition) is 14. The monoisotopic (exact) mass is 1220 g/mol. The molecule has 2 heterocycles. The summed E-state index contributed by atoms with van der Waals surface area (Å²) in [5.41, 5.74) is 35.7. The zero-order valence-electron chi connectivity index (χ0n) is 49.4. The third-order valence-electron chi connectivity index (χ3n) is 14.5. The van der Waals surface area contributed by atoms with E-state index in [-0.39, 0.29) is 101 Å². The number of primary amides is 1. The number of nitrogens with one attached hydrogen (secondary N) is 8. The average molecular weight is 1220 g/mol. The fourth-order valence-corrected chi connectivity index (χ4v) is 9.90. The normalized spacial score (nSPS) is 15.2. The number of phenols is 1. The largest absolute Gasteiger partial charge is 0.508 e. The van der Waals surface area contributed by atoms with Crippen molar-refractivity contribution in [2.45, 2.75) is 139 Å². The standard InChI is InChI=1S/C59H83N17O12/c1-33(2)27-43(53(83)75-46(30-36-31-68-40-15-7-6-13-38(36)40)51(81)69-32-49(79)76-26-10-17-47(76)56(86)71-42(57(87)88)16-9-25-67-59(64)65)73-55(85)45(28-34-11-4-3-5-12-34)74-52(82)41(22-23-48(61)78)70-54(84)44(29-35-18-20-37(77)21-19-35)72-50(80)39(60)14-8-24-66-58(62)63/h3-7,11-13,15,18-21,31,33,39,41-47,68,77H,8-10,14,16-17,22-30,32,60H2,1-2H3,(H2,61,78)(H,69,81)(H,70,84)(H,71,86)(H,72,80)(H,73,85)(H,74,82)(H,75,83)(H,87,88)(H4,62,63,66)(H4,64,65,67)/t39-,41-,42-,43-,44-,45-,46-,47-/m0/s1. The summed E-state index contributed by atoms with van der Waals surface area (Å²) < 4.78 is 0. The van der Waals surface area contributed by atoms with E-state index < -0.39 is 120 Å². The first-order valence-electron chi connectivity index (χ1n) is 29.0. The van der Waals surface area contributed by atoms with Crippen molar-refractivity contribution in [1.29, 1.82) is 0 Å². The number of carbonyl (C=O) groups excluding carboxylic acids is 9. The van der Waals surface area contributed by atoms with E-state index in [9.17, 15) is 58.2 Å². The maximum absolute atomic E-state index is 14.8. The molecule has 1 aliphatic rings. The molecule has 1 saturated heterocycles. The van der Waals surface area contributed by atoms with Gasteiger partial charge in [0.1, 0.15) is 48.0 Å². The molecular weight excluding hydrogens is 1140 g/mol. The number of nitrogens with two attached hydrogens (primary N) is 6. The molecule has 3 aromatic carbocycles. The molecule has 0 radical (unpaired) electrons. The Morgan fingerprint density at radius 3 is 1.75 bits per heavy atom. The number of phenolic OH excluding ortho intramolecular Hbond substituents is 1. The van der Waals surface area contributed by atoms with E-state index in [4.69, 9.17) is 34.4 Å². The van der Waals surface area contributed by atoms with Gasteiger partial charge in [-0.05, 0) is 92.2 Å². The number of aromatic amines is 1. The van der Waals surface area contributed by atoms with Crippen molar-refractivity contribution >= 4 is 82.0 Å². The van der Waals surface area contributed by atoms with Crippen LogP contribution in [-0.4, -0.2) is 166 Å². The van der Waals surface area contributed by atoms with Crippen molar-refractivity contribution in [2.24, 2.45) is 50.3 Å². The first kappa shape index (κ1) is 69.0. The van der Waals surface area contributed by atoms with Crippen LogP contribution in [0.3, 0.4) is 0 Å². The number of aromatic nitrogens is 1. The smallest absolute Gasteiger partial charge is 0.326 e. The quantitative estimate of drug-likeness (QED) is 0.0131. The van der Waals surface area contributed by atoms with Crippen molar-refractivity contribution < 1.29 is 58.2 Å². The molecule has 0 bridgehead atoms. The molecule has 8 atom stereocenters. The molecule has 4 aromatic rings. The van der Waals surface area contributed by atoms with Gasteiger partial charge in [-0.1, -0.05) is 74.5 Å². The average Bonchev–Trinajstić information content (AvgIpc) is 3.82. The van der Waals surface area contributed by atoms with Gasteiger partial charge < -0.3 is 91.7 Å². The number of carboxylic acids is 1. The van der Waals surface area contributed by atoms with Crippen molar-refractivity contribution in [1.82, 2.24) is 47.1 Å². The van der Waals surface area contributed by atoms with Gasteiger partial charge in [-0.25, -0.2) is 4.79 Å². The molecule has 0 spiro atoms. The lowest BCUT2D eigenvalue weighted by Gasteiger charge is -2.28. The SMILES string of the molecule is CC(C)C[C@H](NC(=O)[C@H](Cc1ccccc1)NC(=O)[C@H](CCC(N)=O)NC(=O)[C@H](Cc1ccc(O)cc1)NC(=O)[C@@H](N)CCCN=C(N)N)C(=O)N[C@@H](Cc1c[nH]c2ccccc12)C(=O)NCC(=O)N1CCC[C@H]1C(=O)N[C@@H](CCCN=C(N)N)C(=O)O. The molecule has 0 unspecified atom stereocenters. The Kier molecular flexibility index (Phi) is 26.9. The number of nitrogens with zero attached hydrogens (tertiary/aromatic N) is 3. The highest BCUT2D eigenvalue weighted by Gasteiger charge is 2.38. The Morgan fingerprint density at radius 1 is 0.614 bits per heavy atom. The third kappa shape index (κ3) is 22.6. The predicted octanol–water partition coefficient (Wildman–Crippen LogP) is -2.25. The fraction of sp³-hybridized carbons (Fsp3) is 0.458. The number of amides is 9. The number of benzene rings is 3. The number of aromatic hydroxyl groups is 1. The van der Waals surface area contributed by atoms with Gasteiger partial charge in [0.15, 0.2) is 11.9 Å². The minimum absolute atomic E-state index is 0.00497. The van der Waals surface area contributed by atoms with E-state index in [1.807, 2.05) is 18.2 Å². The second kappa shape index (κ2) is 34.4. The summed E-state index contributed by atoms with van der Waals surface area (Å²) in [4.78, 5) is 150. The number of hydrogen-bond donors (Lipinski definition) is 16. The van der Waals surface area contributed by atoms with E-state index in [2.05, 4.69) is 52.2 Å². The van der Waals surface area contributed by atoms with Gasteiger partial charge >= 0.3 is 5.97 Å². The number of rotatable bonds is 35. The Bertz CT molecular complexity index is 3110. The number of para-hydroxylation sites is 1. The molecule has 9 amide bonds. The number of H-pyrrole nitrogens is 1. The first-order valence-corrected chi connectivity index (χ1v) is 29.0. The van der Waals surface area contributed by atoms with Crippen LogP contribution >= 0.6 is 0 Å². The fourth-order valence-electron chi connectivity index (χ4n) is 9.90. The van der Waals surface area contributed by atoms with E-state index in [1.165, 1.54) is 29.2 Å². The number of aliphatic carboxylic acids is 1. The Balaban J connectivity index is 1.37. The molecule has 0 saturated carbocycles. The number of guanidine groups is 2. The van der Waals surface area contributed by atoms with E-state index in [0.29, 0.717) is 29.5 Å². The van der Waals surface area contributed by atoms with Gasteiger partial charge in [-0.3, -0.25) is 53.1 Å². The number of carbonyl (C=O) groups is 10. The highest BCUT2D eigenvalue weighted by molar-refractivity contribution is 5.98. The molecule has 88 heavy (non-hydrogen) atoms. The van der Waals surface area contributed by atoms with Gasteiger partial charge in [0.05, 0.1) is 12.6 Å². The highest BCUT2D eigenvalue weighted by Crippen LogP contribution is 2.21. The van der Waals surface area contributed by atoms with Gasteiger partial charge in [0.25, 0.3) is 0 Å². The van der Waals surface area contributed by atoms with E-state index >= 15 is 0 Å². The van der Waals surface area contributed by atoms with Crippen LogP contribution in [0.25, 0.3) is 10.9 Å². The zero-order chi connectivity index (χ0) is 64.5. The summed E-state index contributed by atoms with van der Waals surface area (Å²) in [7, 11) is 0. The lowest BCUT2D eigenvalue weighted by Crippen LogP contribution is -2.60. The maximum atomic E-state index is 14.8. The number of aliphatic imine (C=N–C) groups is 2. The van der Waals surface area contributed by atoms with Crippen LogP contribution in [0.1, 0.15) is 88.3 Å². The molecule has 0 aliphatic carbocycles. The van der Waals surface area contributed by atoms with Crippen LogP contribution < -0.4 is 71.6 Å². The van der Waals surface area contributed by atoms with Crippen LogP contribution in [0.2, 0.25) is 0 Å². The number of fused-ring (bicyclic) bond motifs is 1. The molecule has 1 fully saturated rings. The first-order chi connectivity index (χ1) is 41.9. The lowest BCUT2D eigenvalue weighted by molar-refractivity contribution is -0.144. The number of likely N-dealkylation sites (tertiary alicyclic amines) is 1. The van der Waals surface area contributed by atoms with E-state index in [0.717, 1.165) is 10.9 Å². The van der Waals surface area contributed by atoms with Crippen LogP contribution in [0.4, 0.5) is 0 Å². The second-order valence-electron chi connectivity index (χ2n) is 21.9. The minimum Gasteiger partial charge on any atom is -0.508 e. The molecule has 1 aromatic heterocycles.